The van der Waals surface area contributed by atoms with Gasteiger partial charge in [0.15, 0.2) is 0 Å². The first-order valence-electron chi connectivity index (χ1n) is 6.35. The molecule has 0 bridgehead atoms. The Hall–Kier alpha value is -1.22. The highest BCUT2D eigenvalue weighted by Gasteiger charge is 2.17. The second-order valence-corrected chi connectivity index (χ2v) is 5.10. The quantitative estimate of drug-likeness (QED) is 0.845. The lowest BCUT2D eigenvalue weighted by Crippen LogP contribution is -2.23. The summed E-state index contributed by atoms with van der Waals surface area (Å²) in [5, 5.41) is 4.05. The van der Waals surface area contributed by atoms with Gasteiger partial charge >= 0.3 is 5.97 Å². The predicted molar refractivity (Wildman–Crippen MR) is 73.3 cm³/mol. The van der Waals surface area contributed by atoms with Crippen molar-refractivity contribution in [2.24, 2.45) is 0 Å². The number of carbonyl (C=O) groups excluding carboxylic acids is 1. The van der Waals surface area contributed by atoms with Crippen molar-refractivity contribution >= 4 is 23.3 Å². The fraction of sp³-hybridized carbons (Fsp3) is 0.500. The zero-order chi connectivity index (χ0) is 13.0. The molecule has 0 atom stereocenters. The number of carbonyl (C=O) groups is 1. The minimum Gasteiger partial charge on any atom is -0.465 e. The van der Waals surface area contributed by atoms with E-state index in [0.717, 1.165) is 18.5 Å². The molecule has 0 unspecified atom stereocenters. The summed E-state index contributed by atoms with van der Waals surface area (Å²) >= 11 is 5.99. The van der Waals surface area contributed by atoms with Crippen molar-refractivity contribution in [3.63, 3.8) is 0 Å². The molecule has 1 saturated carbocycles. The van der Waals surface area contributed by atoms with Crippen molar-refractivity contribution < 1.29 is 9.53 Å². The highest BCUT2D eigenvalue weighted by atomic mass is 35.5. The number of nitrogens with one attached hydrogen (secondary N) is 1. The van der Waals surface area contributed by atoms with Crippen molar-refractivity contribution in [1.29, 1.82) is 0 Å². The summed E-state index contributed by atoms with van der Waals surface area (Å²) in [5.74, 6) is -0.329. The van der Waals surface area contributed by atoms with E-state index >= 15 is 0 Å². The molecule has 98 valence electrons. The molecular weight excluding hydrogens is 250 g/mol. The van der Waals surface area contributed by atoms with Gasteiger partial charge in [-0.25, -0.2) is 4.79 Å². The van der Waals surface area contributed by atoms with Crippen molar-refractivity contribution in [2.75, 3.05) is 12.4 Å². The Morgan fingerprint density at radius 1 is 1.33 bits per heavy atom. The third-order valence-corrected chi connectivity index (χ3v) is 3.59. The molecule has 0 spiro atoms. The van der Waals surface area contributed by atoms with Crippen LogP contribution in [0, 0.1) is 0 Å². The second-order valence-electron chi connectivity index (χ2n) is 4.66. The van der Waals surface area contributed by atoms with Crippen LogP contribution in [0.2, 0.25) is 5.02 Å². The van der Waals surface area contributed by atoms with Crippen LogP contribution in [0.4, 0.5) is 5.69 Å². The molecule has 1 fully saturated rings. The first-order valence-corrected chi connectivity index (χ1v) is 6.73. The second kappa shape index (κ2) is 6.10. The van der Waals surface area contributed by atoms with E-state index in [0.29, 0.717) is 16.6 Å². The first-order chi connectivity index (χ1) is 8.70. The Morgan fingerprint density at radius 3 is 2.72 bits per heavy atom. The third-order valence-electron chi connectivity index (χ3n) is 3.35. The van der Waals surface area contributed by atoms with Gasteiger partial charge in [0.1, 0.15) is 0 Å². The van der Waals surface area contributed by atoms with Gasteiger partial charge in [-0.2, -0.15) is 0 Å². The predicted octanol–water partition coefficient (Wildman–Crippen LogP) is 3.87. The van der Waals surface area contributed by atoms with Crippen LogP contribution in [0.1, 0.15) is 42.5 Å². The monoisotopic (exact) mass is 267 g/mol. The first kappa shape index (κ1) is 13.2. The Bertz CT molecular complexity index is 428. The summed E-state index contributed by atoms with van der Waals surface area (Å²) in [4.78, 5) is 11.7. The maximum Gasteiger partial charge on any atom is 0.339 e. The zero-order valence-electron chi connectivity index (χ0n) is 10.5. The Kier molecular flexibility index (Phi) is 4.48. The minimum atomic E-state index is -0.329. The van der Waals surface area contributed by atoms with Gasteiger partial charge in [-0.05, 0) is 31.0 Å². The van der Waals surface area contributed by atoms with E-state index in [-0.39, 0.29) is 5.97 Å². The molecule has 1 aromatic carbocycles. The number of hydrogen-bond donors (Lipinski definition) is 1. The van der Waals surface area contributed by atoms with E-state index in [2.05, 4.69) is 5.32 Å². The van der Waals surface area contributed by atoms with Crippen LogP contribution >= 0.6 is 11.6 Å². The van der Waals surface area contributed by atoms with Crippen LogP contribution in [0.15, 0.2) is 18.2 Å². The largest absolute Gasteiger partial charge is 0.465 e. The SMILES string of the molecule is COC(=O)c1ccc(Cl)cc1NC1CCCCC1. The maximum absolute atomic E-state index is 11.7. The molecule has 1 aliphatic rings. The van der Waals surface area contributed by atoms with Gasteiger partial charge in [-0.1, -0.05) is 30.9 Å². The van der Waals surface area contributed by atoms with Crippen LogP contribution in [0.5, 0.6) is 0 Å². The molecule has 1 aromatic rings. The lowest BCUT2D eigenvalue weighted by Gasteiger charge is -2.24. The molecule has 0 heterocycles. The van der Waals surface area contributed by atoms with Gasteiger partial charge in [0.2, 0.25) is 0 Å². The van der Waals surface area contributed by atoms with Gasteiger partial charge in [0.25, 0.3) is 0 Å². The average molecular weight is 268 g/mol. The maximum atomic E-state index is 11.7. The Balaban J connectivity index is 2.18. The summed E-state index contributed by atoms with van der Waals surface area (Å²) in [5.41, 5.74) is 1.33. The number of halogens is 1. The molecule has 1 aliphatic carbocycles. The molecule has 4 heteroatoms. The molecule has 0 aromatic heterocycles. The van der Waals surface area contributed by atoms with Crippen LogP contribution in [-0.4, -0.2) is 19.1 Å². The highest BCUT2D eigenvalue weighted by molar-refractivity contribution is 6.31. The minimum absolute atomic E-state index is 0.329. The van der Waals surface area contributed by atoms with Gasteiger partial charge in [-0.15, -0.1) is 0 Å². The fourth-order valence-corrected chi connectivity index (χ4v) is 2.56. The highest BCUT2D eigenvalue weighted by Crippen LogP contribution is 2.26. The van der Waals surface area contributed by atoms with Crippen LogP contribution < -0.4 is 5.32 Å². The molecule has 0 amide bonds. The number of rotatable bonds is 3. The lowest BCUT2D eigenvalue weighted by molar-refractivity contribution is 0.0602. The average Bonchev–Trinajstić information content (AvgIpc) is 2.39. The lowest BCUT2D eigenvalue weighted by atomic mass is 9.95. The third kappa shape index (κ3) is 3.16. The molecule has 1 N–H and O–H groups in total. The van der Waals surface area contributed by atoms with E-state index in [9.17, 15) is 4.79 Å². The number of anilines is 1. The number of benzene rings is 1. The molecule has 18 heavy (non-hydrogen) atoms. The number of ether oxygens (including phenoxy) is 1. The van der Waals surface area contributed by atoms with Gasteiger partial charge in [-0.3, -0.25) is 0 Å². The standard InChI is InChI=1S/C14H18ClNO2/c1-18-14(17)12-8-7-10(15)9-13(12)16-11-5-3-2-4-6-11/h7-9,11,16H,2-6H2,1H3. The number of esters is 1. The Morgan fingerprint density at radius 2 is 2.06 bits per heavy atom. The summed E-state index contributed by atoms with van der Waals surface area (Å²) in [7, 11) is 1.39. The van der Waals surface area contributed by atoms with Crippen molar-refractivity contribution in [3.8, 4) is 0 Å². The van der Waals surface area contributed by atoms with Gasteiger partial charge in [0.05, 0.1) is 18.4 Å². The Labute approximate surface area is 112 Å². The van der Waals surface area contributed by atoms with Gasteiger partial charge in [0, 0.05) is 11.1 Å². The van der Waals surface area contributed by atoms with E-state index in [1.165, 1.54) is 26.4 Å². The van der Waals surface area contributed by atoms with E-state index in [1.807, 2.05) is 0 Å². The van der Waals surface area contributed by atoms with Crippen molar-refractivity contribution in [2.45, 2.75) is 38.1 Å². The number of hydrogen-bond acceptors (Lipinski definition) is 3. The summed E-state index contributed by atoms with van der Waals surface area (Å²) in [6, 6.07) is 5.64. The fourth-order valence-electron chi connectivity index (χ4n) is 2.39. The van der Waals surface area contributed by atoms with E-state index < -0.39 is 0 Å². The molecule has 0 aliphatic heterocycles. The van der Waals surface area contributed by atoms with Crippen molar-refractivity contribution in [3.05, 3.63) is 28.8 Å². The summed E-state index contributed by atoms with van der Waals surface area (Å²) in [6.45, 7) is 0. The van der Waals surface area contributed by atoms with Gasteiger partial charge < -0.3 is 10.1 Å². The summed E-state index contributed by atoms with van der Waals surface area (Å²) in [6.07, 6.45) is 6.08. The van der Waals surface area contributed by atoms with E-state index in [4.69, 9.17) is 16.3 Å². The normalized spacial score (nSPS) is 16.3. The van der Waals surface area contributed by atoms with Crippen molar-refractivity contribution in [1.82, 2.24) is 0 Å². The summed E-state index contributed by atoms with van der Waals surface area (Å²) < 4.78 is 4.78. The molecule has 3 nitrogen and oxygen atoms in total. The zero-order valence-corrected chi connectivity index (χ0v) is 11.3. The molecule has 2 rings (SSSR count). The number of methoxy groups -OCH3 is 1. The smallest absolute Gasteiger partial charge is 0.339 e. The molecule has 0 radical (unpaired) electrons. The molecular formula is C14H18ClNO2. The molecule has 0 saturated heterocycles. The van der Waals surface area contributed by atoms with Crippen LogP contribution in [0.3, 0.4) is 0 Å². The van der Waals surface area contributed by atoms with E-state index in [1.54, 1.807) is 18.2 Å². The van der Waals surface area contributed by atoms with Crippen LogP contribution in [0.25, 0.3) is 0 Å². The topological polar surface area (TPSA) is 38.3 Å². The van der Waals surface area contributed by atoms with Crippen LogP contribution in [-0.2, 0) is 4.74 Å².